The summed E-state index contributed by atoms with van der Waals surface area (Å²) in [5, 5.41) is 9.87. The maximum Gasteiger partial charge on any atom is 0.433 e. The molecule has 0 saturated carbocycles. The van der Waals surface area contributed by atoms with Gasteiger partial charge in [-0.25, -0.2) is 10.0 Å². The zero-order chi connectivity index (χ0) is 24.6. The lowest BCUT2D eigenvalue weighted by Crippen LogP contribution is -2.45. The predicted octanol–water partition coefficient (Wildman–Crippen LogP) is 1.98. The Morgan fingerprint density at radius 2 is 1.91 bits per heavy atom. The fourth-order valence-electron chi connectivity index (χ4n) is 3.40. The molecule has 10 nitrogen and oxygen atoms in total. The van der Waals surface area contributed by atoms with Crippen LogP contribution in [0, 0.1) is 11.8 Å². The smallest absolute Gasteiger partial charge is 0.354 e. The monoisotopic (exact) mass is 475 g/mol. The van der Waals surface area contributed by atoms with Crippen LogP contribution in [0.2, 0.25) is 0 Å². The van der Waals surface area contributed by atoms with Gasteiger partial charge in [-0.2, -0.15) is 18.2 Å². The molecule has 0 bridgehead atoms. The van der Waals surface area contributed by atoms with Gasteiger partial charge in [-0.1, -0.05) is 26.7 Å². The number of amides is 2. The first-order valence-electron chi connectivity index (χ1n) is 10.9. The number of nitrogens with one attached hydrogen (secondary N) is 2. The molecule has 33 heavy (non-hydrogen) atoms. The molecule has 0 radical (unpaired) electrons. The van der Waals surface area contributed by atoms with E-state index in [9.17, 15) is 28.0 Å². The van der Waals surface area contributed by atoms with Gasteiger partial charge in [0.15, 0.2) is 5.69 Å². The molecular weight excluding hydrogens is 443 g/mol. The quantitative estimate of drug-likeness (QED) is 0.253. The van der Waals surface area contributed by atoms with E-state index < -0.39 is 29.6 Å². The van der Waals surface area contributed by atoms with Crippen LogP contribution in [0.3, 0.4) is 0 Å². The minimum absolute atomic E-state index is 0.109. The molecule has 1 aromatic rings. The Kier molecular flexibility index (Phi) is 9.65. The first kappa shape index (κ1) is 26.6. The van der Waals surface area contributed by atoms with E-state index in [-0.39, 0.29) is 18.8 Å². The second kappa shape index (κ2) is 12.0. The topological polar surface area (TPSA) is 114 Å². The third-order valence-corrected chi connectivity index (χ3v) is 5.36. The fourth-order valence-corrected chi connectivity index (χ4v) is 3.40. The van der Waals surface area contributed by atoms with Crippen molar-refractivity contribution in [3.8, 4) is 0 Å². The van der Waals surface area contributed by atoms with Crippen molar-refractivity contribution in [2.75, 3.05) is 50.1 Å². The van der Waals surface area contributed by atoms with Crippen molar-refractivity contribution < 1.29 is 28.0 Å². The van der Waals surface area contributed by atoms with E-state index in [1.807, 2.05) is 20.9 Å². The zero-order valence-electron chi connectivity index (χ0n) is 19.1. The van der Waals surface area contributed by atoms with Crippen LogP contribution in [0.1, 0.15) is 38.8 Å². The minimum Gasteiger partial charge on any atom is -0.354 e. The van der Waals surface area contributed by atoms with Gasteiger partial charge in [0, 0.05) is 32.2 Å². The molecule has 0 spiro atoms. The number of carbonyl (C=O) groups excluding carboxylic acids is 2. The zero-order valence-corrected chi connectivity index (χ0v) is 19.1. The van der Waals surface area contributed by atoms with Crippen LogP contribution in [0.25, 0.3) is 0 Å². The summed E-state index contributed by atoms with van der Waals surface area (Å²) in [6.45, 7) is 6.19. The molecule has 1 saturated heterocycles. The standard InChI is InChI=1S/C20H32F3N7O3/c1-14(2)5-4-6-15(12-30(33)13-31)18(32)26-27-19-24-16(20(21,22)23)11-17(25-19)29-9-7-28(3)8-10-29/h11,13-15,33H,4-10,12H2,1-3H3,(H,26,32)(H,24,25,27)/t15-/m0/s1. The Hall–Kier alpha value is -2.67. The summed E-state index contributed by atoms with van der Waals surface area (Å²) in [4.78, 5) is 34.8. The molecule has 186 valence electrons. The molecule has 2 amide bonds. The average molecular weight is 476 g/mol. The Morgan fingerprint density at radius 1 is 1.24 bits per heavy atom. The van der Waals surface area contributed by atoms with E-state index in [0.29, 0.717) is 50.0 Å². The summed E-state index contributed by atoms with van der Waals surface area (Å²) >= 11 is 0. The van der Waals surface area contributed by atoms with Crippen LogP contribution >= 0.6 is 0 Å². The van der Waals surface area contributed by atoms with Crippen molar-refractivity contribution in [1.29, 1.82) is 0 Å². The number of likely N-dealkylation sites (N-methyl/N-ethyl adjacent to an activating group) is 1. The summed E-state index contributed by atoms with van der Waals surface area (Å²) in [5.41, 5.74) is 3.56. The number of carbonyl (C=O) groups is 2. The van der Waals surface area contributed by atoms with Gasteiger partial charge in [-0.05, 0) is 19.4 Å². The third kappa shape index (κ3) is 8.65. The molecule has 1 atom stereocenters. The van der Waals surface area contributed by atoms with Gasteiger partial charge in [-0.15, -0.1) is 0 Å². The Morgan fingerprint density at radius 3 is 2.48 bits per heavy atom. The number of hydrogen-bond donors (Lipinski definition) is 3. The molecule has 2 rings (SSSR count). The van der Waals surface area contributed by atoms with Gasteiger partial charge in [0.2, 0.25) is 18.3 Å². The fraction of sp³-hybridized carbons (Fsp3) is 0.700. The molecule has 2 heterocycles. The van der Waals surface area contributed by atoms with Crippen LogP contribution in [0.5, 0.6) is 0 Å². The van der Waals surface area contributed by atoms with E-state index in [2.05, 4.69) is 25.7 Å². The van der Waals surface area contributed by atoms with Gasteiger partial charge in [0.05, 0.1) is 12.5 Å². The van der Waals surface area contributed by atoms with Gasteiger partial charge in [0.25, 0.3) is 0 Å². The molecule has 1 fully saturated rings. The lowest BCUT2D eigenvalue weighted by atomic mass is 9.97. The third-order valence-electron chi connectivity index (χ3n) is 5.36. The largest absolute Gasteiger partial charge is 0.433 e. The molecule has 0 unspecified atom stereocenters. The first-order chi connectivity index (χ1) is 15.5. The first-order valence-corrected chi connectivity index (χ1v) is 10.9. The highest BCUT2D eigenvalue weighted by Gasteiger charge is 2.34. The normalized spacial score (nSPS) is 15.9. The number of halogens is 3. The van der Waals surface area contributed by atoms with Gasteiger partial charge in [-0.3, -0.25) is 25.6 Å². The van der Waals surface area contributed by atoms with E-state index in [1.165, 1.54) is 0 Å². The van der Waals surface area contributed by atoms with Crippen molar-refractivity contribution in [2.24, 2.45) is 11.8 Å². The minimum atomic E-state index is -4.69. The molecule has 0 aromatic carbocycles. The lowest BCUT2D eigenvalue weighted by molar-refractivity contribution is -0.154. The second-order valence-electron chi connectivity index (χ2n) is 8.59. The number of aromatic nitrogens is 2. The van der Waals surface area contributed by atoms with Crippen LogP contribution < -0.4 is 15.8 Å². The molecule has 1 aliphatic rings. The number of hydrogen-bond acceptors (Lipinski definition) is 8. The van der Waals surface area contributed by atoms with Gasteiger partial charge in [0.1, 0.15) is 5.82 Å². The van der Waals surface area contributed by atoms with E-state index in [1.54, 1.807) is 4.90 Å². The van der Waals surface area contributed by atoms with Crippen LogP contribution in [-0.4, -0.2) is 77.2 Å². The number of hydroxylamine groups is 2. The van der Waals surface area contributed by atoms with Crippen molar-refractivity contribution >= 4 is 24.1 Å². The number of rotatable bonds is 11. The highest BCUT2D eigenvalue weighted by molar-refractivity contribution is 5.80. The summed E-state index contributed by atoms with van der Waals surface area (Å²) < 4.78 is 40.2. The molecular formula is C20H32F3N7O3. The van der Waals surface area contributed by atoms with E-state index in [4.69, 9.17) is 0 Å². The number of alkyl halides is 3. The molecule has 1 aromatic heterocycles. The predicted molar refractivity (Wildman–Crippen MR) is 115 cm³/mol. The summed E-state index contributed by atoms with van der Waals surface area (Å²) in [7, 11) is 1.93. The Labute approximate surface area is 191 Å². The average Bonchev–Trinajstić information content (AvgIpc) is 2.76. The van der Waals surface area contributed by atoms with E-state index in [0.717, 1.165) is 12.5 Å². The highest BCUT2D eigenvalue weighted by Crippen LogP contribution is 2.30. The highest BCUT2D eigenvalue weighted by atomic mass is 19.4. The van der Waals surface area contributed by atoms with Crippen molar-refractivity contribution in [2.45, 2.75) is 39.3 Å². The van der Waals surface area contributed by atoms with E-state index >= 15 is 0 Å². The van der Waals surface area contributed by atoms with Crippen molar-refractivity contribution in [3.05, 3.63) is 11.8 Å². The maximum atomic E-state index is 13.4. The van der Waals surface area contributed by atoms with Gasteiger partial charge < -0.3 is 9.80 Å². The molecule has 1 aliphatic heterocycles. The Balaban J connectivity index is 2.13. The number of nitrogens with zero attached hydrogens (tertiary/aromatic N) is 5. The number of hydrazine groups is 1. The number of piperazine rings is 1. The summed E-state index contributed by atoms with van der Waals surface area (Å²) in [6, 6.07) is 0.890. The van der Waals surface area contributed by atoms with Crippen LogP contribution in [0.15, 0.2) is 6.07 Å². The Bertz CT molecular complexity index is 787. The second-order valence-corrected chi connectivity index (χ2v) is 8.59. The summed E-state index contributed by atoms with van der Waals surface area (Å²) in [5.74, 6) is -1.24. The van der Waals surface area contributed by atoms with Crippen LogP contribution in [-0.2, 0) is 15.8 Å². The van der Waals surface area contributed by atoms with Gasteiger partial charge >= 0.3 is 6.18 Å². The molecule has 0 aliphatic carbocycles. The van der Waals surface area contributed by atoms with Crippen LogP contribution in [0.4, 0.5) is 24.9 Å². The van der Waals surface area contributed by atoms with Crippen molar-refractivity contribution in [3.63, 3.8) is 0 Å². The van der Waals surface area contributed by atoms with Crippen molar-refractivity contribution in [1.82, 2.24) is 25.4 Å². The number of anilines is 2. The lowest BCUT2D eigenvalue weighted by Gasteiger charge is -2.33. The maximum absolute atomic E-state index is 13.4. The molecule has 3 N–H and O–H groups in total. The summed E-state index contributed by atoms with van der Waals surface area (Å²) in [6.07, 6.45) is -2.60. The molecule has 13 heteroatoms. The SMILES string of the molecule is CC(C)CCC[C@@H](CN(O)C=O)C(=O)NNc1nc(N2CCN(C)CC2)cc(C(F)(F)F)n1.